The molecule has 0 aliphatic carbocycles. The van der Waals surface area contributed by atoms with Crippen molar-refractivity contribution in [2.24, 2.45) is 0 Å². The molecule has 1 N–H and O–H groups in total. The van der Waals surface area contributed by atoms with Crippen LogP contribution in [-0.4, -0.2) is 23.6 Å². The third-order valence-electron chi connectivity index (χ3n) is 2.74. The molecule has 0 saturated carbocycles. The van der Waals surface area contributed by atoms with E-state index in [1.807, 2.05) is 0 Å². The van der Waals surface area contributed by atoms with Crippen molar-refractivity contribution in [1.29, 1.82) is 0 Å². The summed E-state index contributed by atoms with van der Waals surface area (Å²) in [6.45, 7) is 0.222. The second-order valence-corrected chi connectivity index (χ2v) is 4.83. The Labute approximate surface area is 128 Å². The molecule has 0 atom stereocenters. The zero-order valence-corrected chi connectivity index (χ0v) is 12.1. The average molecular weight is 334 g/mol. The molecule has 0 aliphatic rings. The molecule has 2 rings (SSSR count). The first-order valence-corrected chi connectivity index (χ1v) is 6.43. The van der Waals surface area contributed by atoms with Gasteiger partial charge in [0.05, 0.1) is 11.9 Å². The van der Waals surface area contributed by atoms with Crippen molar-refractivity contribution in [3.05, 3.63) is 51.4 Å². The van der Waals surface area contributed by atoms with E-state index in [0.29, 0.717) is 11.3 Å². The van der Waals surface area contributed by atoms with Crippen LogP contribution < -0.4 is 15.2 Å². The van der Waals surface area contributed by atoms with Gasteiger partial charge < -0.3 is 9.64 Å². The van der Waals surface area contributed by atoms with Gasteiger partial charge in [-0.05, 0) is 17.7 Å². The van der Waals surface area contributed by atoms with Crippen molar-refractivity contribution in [1.82, 2.24) is 10.2 Å². The molecule has 9 heteroatoms. The van der Waals surface area contributed by atoms with Crippen LogP contribution in [0.3, 0.4) is 0 Å². The van der Waals surface area contributed by atoms with Gasteiger partial charge >= 0.3 is 6.36 Å². The van der Waals surface area contributed by atoms with E-state index < -0.39 is 11.9 Å². The van der Waals surface area contributed by atoms with Gasteiger partial charge in [-0.2, -0.15) is 5.10 Å². The van der Waals surface area contributed by atoms with Crippen molar-refractivity contribution >= 4 is 17.3 Å². The van der Waals surface area contributed by atoms with Crippen LogP contribution in [0, 0.1) is 0 Å². The highest BCUT2D eigenvalue weighted by molar-refractivity contribution is 6.32. The van der Waals surface area contributed by atoms with Gasteiger partial charge in [0.1, 0.15) is 10.8 Å². The Bertz CT molecular complexity index is 718. The molecule has 22 heavy (non-hydrogen) atoms. The van der Waals surface area contributed by atoms with Crippen molar-refractivity contribution in [2.75, 3.05) is 11.9 Å². The molecule has 0 fully saturated rings. The van der Waals surface area contributed by atoms with Crippen molar-refractivity contribution in [2.45, 2.75) is 12.9 Å². The summed E-state index contributed by atoms with van der Waals surface area (Å²) in [6.07, 6.45) is -3.38. The molecule has 0 bridgehead atoms. The molecule has 0 aliphatic heterocycles. The Hall–Kier alpha value is -2.22. The fraction of sp³-hybridized carbons (Fsp3) is 0.231. The summed E-state index contributed by atoms with van der Waals surface area (Å²) in [4.78, 5) is 13.0. The number of H-pyrrole nitrogens is 1. The minimum Gasteiger partial charge on any atom is -0.406 e. The van der Waals surface area contributed by atoms with Crippen LogP contribution in [0.4, 0.5) is 18.9 Å². The Morgan fingerprint density at radius 3 is 2.82 bits per heavy atom. The maximum atomic E-state index is 12.2. The van der Waals surface area contributed by atoms with Gasteiger partial charge in [-0.15, -0.1) is 13.2 Å². The number of benzene rings is 1. The lowest BCUT2D eigenvalue weighted by Crippen LogP contribution is -2.21. The van der Waals surface area contributed by atoms with Crippen molar-refractivity contribution in [3.8, 4) is 5.75 Å². The summed E-state index contributed by atoms with van der Waals surface area (Å²) in [5.74, 6) is -0.312. The largest absolute Gasteiger partial charge is 0.573 e. The predicted octanol–water partition coefficient (Wildman–Crippen LogP) is 2.96. The molecule has 0 amide bonds. The highest BCUT2D eigenvalue weighted by atomic mass is 35.5. The summed E-state index contributed by atoms with van der Waals surface area (Å²) < 4.78 is 40.5. The molecule has 1 heterocycles. The van der Waals surface area contributed by atoms with Crippen LogP contribution in [0.25, 0.3) is 0 Å². The maximum absolute atomic E-state index is 12.2. The standard InChI is InChI=1S/C13H11ClF3N3O2/c1-20(10-6-18-19-12(21)11(10)14)7-8-3-2-4-9(5-8)22-13(15,16)17/h2-6H,7H2,1H3,(H,19,21). The van der Waals surface area contributed by atoms with Crippen LogP contribution >= 0.6 is 11.6 Å². The van der Waals surface area contributed by atoms with E-state index in [0.717, 1.165) is 0 Å². The average Bonchev–Trinajstić information content (AvgIpc) is 2.40. The number of rotatable bonds is 4. The minimum atomic E-state index is -4.75. The van der Waals surface area contributed by atoms with Crippen LogP contribution in [0.15, 0.2) is 35.3 Å². The topological polar surface area (TPSA) is 58.2 Å². The number of aromatic amines is 1. The highest BCUT2D eigenvalue weighted by Gasteiger charge is 2.31. The number of nitrogens with zero attached hydrogens (tertiary/aromatic N) is 2. The van der Waals surface area contributed by atoms with Crippen LogP contribution in [0.5, 0.6) is 5.75 Å². The number of hydrogen-bond donors (Lipinski definition) is 1. The van der Waals surface area contributed by atoms with E-state index in [9.17, 15) is 18.0 Å². The Balaban J connectivity index is 2.18. The molecule has 1 aromatic carbocycles. The zero-order valence-electron chi connectivity index (χ0n) is 11.3. The minimum absolute atomic E-state index is 0.0415. The molecule has 1 aromatic heterocycles. The first kappa shape index (κ1) is 16.2. The van der Waals surface area contributed by atoms with Crippen molar-refractivity contribution in [3.63, 3.8) is 0 Å². The SMILES string of the molecule is CN(Cc1cccc(OC(F)(F)F)c1)c1cn[nH]c(=O)c1Cl. The van der Waals surface area contributed by atoms with Crippen molar-refractivity contribution < 1.29 is 17.9 Å². The van der Waals surface area contributed by atoms with E-state index in [2.05, 4.69) is 14.9 Å². The molecule has 0 saturated heterocycles. The quantitative estimate of drug-likeness (QED) is 0.934. The smallest absolute Gasteiger partial charge is 0.406 e. The van der Waals surface area contributed by atoms with E-state index in [4.69, 9.17) is 11.6 Å². The molecule has 118 valence electrons. The number of halogens is 4. The lowest BCUT2D eigenvalue weighted by molar-refractivity contribution is -0.274. The van der Waals surface area contributed by atoms with Gasteiger partial charge in [-0.1, -0.05) is 23.7 Å². The third-order valence-corrected chi connectivity index (χ3v) is 3.11. The van der Waals surface area contributed by atoms with Gasteiger partial charge in [0.25, 0.3) is 5.56 Å². The number of alkyl halides is 3. The fourth-order valence-electron chi connectivity index (χ4n) is 1.84. The van der Waals surface area contributed by atoms with E-state index in [1.54, 1.807) is 18.0 Å². The summed E-state index contributed by atoms with van der Waals surface area (Å²) >= 11 is 5.87. The molecule has 0 spiro atoms. The first-order chi connectivity index (χ1) is 10.3. The van der Waals surface area contributed by atoms with Gasteiger partial charge in [0.2, 0.25) is 0 Å². The summed E-state index contributed by atoms with van der Waals surface area (Å²) in [5.41, 5.74) is 0.383. The lowest BCUT2D eigenvalue weighted by atomic mass is 10.2. The second-order valence-electron chi connectivity index (χ2n) is 4.45. The normalized spacial score (nSPS) is 11.3. The van der Waals surface area contributed by atoms with E-state index >= 15 is 0 Å². The Morgan fingerprint density at radius 1 is 1.41 bits per heavy atom. The fourth-order valence-corrected chi connectivity index (χ4v) is 2.08. The van der Waals surface area contributed by atoms with Gasteiger partial charge in [-0.25, -0.2) is 5.10 Å². The Kier molecular flexibility index (Phi) is 4.60. The third kappa shape index (κ3) is 4.14. The number of nitrogens with one attached hydrogen (secondary N) is 1. The van der Waals surface area contributed by atoms with Gasteiger partial charge in [-0.3, -0.25) is 4.79 Å². The van der Waals surface area contributed by atoms with E-state index in [-0.39, 0.29) is 17.3 Å². The highest BCUT2D eigenvalue weighted by Crippen LogP contribution is 2.25. The lowest BCUT2D eigenvalue weighted by Gasteiger charge is -2.20. The number of aromatic nitrogens is 2. The summed E-state index contributed by atoms with van der Waals surface area (Å²) in [5, 5.41) is 5.78. The van der Waals surface area contributed by atoms with Gasteiger partial charge in [0, 0.05) is 13.6 Å². The molecule has 0 radical (unpaired) electrons. The molecule has 0 unspecified atom stereocenters. The Morgan fingerprint density at radius 2 is 2.14 bits per heavy atom. The molecular weight excluding hydrogens is 323 g/mol. The van der Waals surface area contributed by atoms with E-state index in [1.165, 1.54) is 24.4 Å². The summed E-state index contributed by atoms with van der Waals surface area (Å²) in [7, 11) is 1.64. The van der Waals surface area contributed by atoms with Crippen LogP contribution in [0.2, 0.25) is 5.02 Å². The summed E-state index contributed by atoms with van der Waals surface area (Å²) in [6, 6.07) is 5.55. The number of anilines is 1. The first-order valence-electron chi connectivity index (χ1n) is 6.05. The monoisotopic (exact) mass is 333 g/mol. The number of hydrogen-bond acceptors (Lipinski definition) is 4. The molecular formula is C13H11ClF3N3O2. The van der Waals surface area contributed by atoms with Crippen LogP contribution in [-0.2, 0) is 6.54 Å². The molecule has 2 aromatic rings. The van der Waals surface area contributed by atoms with Gasteiger partial charge in [0.15, 0.2) is 0 Å². The molecule has 5 nitrogen and oxygen atoms in total. The second kappa shape index (κ2) is 6.27. The zero-order chi connectivity index (χ0) is 16.3. The van der Waals surface area contributed by atoms with Crippen LogP contribution in [0.1, 0.15) is 5.56 Å². The predicted molar refractivity (Wildman–Crippen MR) is 75.1 cm³/mol. The number of ether oxygens (including phenoxy) is 1. The maximum Gasteiger partial charge on any atom is 0.573 e.